The van der Waals surface area contributed by atoms with E-state index in [1.807, 2.05) is 75.4 Å². The summed E-state index contributed by atoms with van der Waals surface area (Å²) in [4.78, 5) is 25.1. The molecule has 2 N–H and O–H groups in total. The van der Waals surface area contributed by atoms with Crippen LogP contribution in [0.25, 0.3) is 0 Å². The van der Waals surface area contributed by atoms with Gasteiger partial charge < -0.3 is 15.4 Å². The van der Waals surface area contributed by atoms with Crippen molar-refractivity contribution in [3.05, 3.63) is 65.7 Å². The van der Waals surface area contributed by atoms with Crippen LogP contribution in [0.4, 0.5) is 0 Å². The number of nitrogens with one attached hydrogen (secondary N) is 2. The predicted molar refractivity (Wildman–Crippen MR) is 111 cm³/mol. The molecule has 0 aliphatic rings. The molecule has 0 aromatic heterocycles. The van der Waals surface area contributed by atoms with Gasteiger partial charge in [-0.25, -0.2) is 0 Å². The van der Waals surface area contributed by atoms with Crippen LogP contribution in [0.3, 0.4) is 0 Å². The van der Waals surface area contributed by atoms with Crippen LogP contribution < -0.4 is 15.4 Å². The first kappa shape index (κ1) is 21.5. The molecule has 5 heteroatoms. The maximum absolute atomic E-state index is 12.8. The first-order valence-electron chi connectivity index (χ1n) is 9.89. The average molecular weight is 383 g/mol. The highest BCUT2D eigenvalue weighted by Gasteiger charge is 2.22. The number of hydrogen-bond acceptors (Lipinski definition) is 3. The summed E-state index contributed by atoms with van der Waals surface area (Å²) in [5.41, 5.74) is 1.89. The molecule has 0 spiro atoms. The van der Waals surface area contributed by atoms with Gasteiger partial charge in [-0.3, -0.25) is 9.59 Å². The fraction of sp³-hybridized carbons (Fsp3) is 0.391. The molecule has 0 saturated carbocycles. The summed E-state index contributed by atoms with van der Waals surface area (Å²) in [5, 5.41) is 5.89. The van der Waals surface area contributed by atoms with Crippen LogP contribution in [0.5, 0.6) is 5.75 Å². The van der Waals surface area contributed by atoms with Crippen LogP contribution in [0.15, 0.2) is 54.6 Å². The molecule has 2 rings (SSSR count). The van der Waals surface area contributed by atoms with E-state index in [4.69, 9.17) is 4.74 Å². The van der Waals surface area contributed by atoms with E-state index in [2.05, 4.69) is 10.6 Å². The molecular weight excluding hydrogens is 352 g/mol. The summed E-state index contributed by atoms with van der Waals surface area (Å²) in [6.45, 7) is 6.46. The predicted octanol–water partition coefficient (Wildman–Crippen LogP) is 3.79. The highest BCUT2D eigenvalue weighted by Crippen LogP contribution is 2.19. The summed E-state index contributed by atoms with van der Waals surface area (Å²) in [5.74, 6) is 0.464. The molecule has 2 amide bonds. The zero-order valence-corrected chi connectivity index (χ0v) is 16.9. The molecular formula is C23H30N2O3. The smallest absolute Gasteiger partial charge is 0.243 e. The topological polar surface area (TPSA) is 67.4 Å². The second kappa shape index (κ2) is 11.1. The van der Waals surface area contributed by atoms with Crippen LogP contribution in [0.2, 0.25) is 0 Å². The minimum Gasteiger partial charge on any atom is -0.494 e. The summed E-state index contributed by atoms with van der Waals surface area (Å²) in [6.07, 6.45) is 1.66. The Kier molecular flexibility index (Phi) is 8.53. The van der Waals surface area contributed by atoms with Gasteiger partial charge in [-0.15, -0.1) is 0 Å². The normalized spacial score (nSPS) is 12.7. The minimum atomic E-state index is -0.543. The second-order valence-electron chi connectivity index (χ2n) is 6.81. The molecule has 150 valence electrons. The van der Waals surface area contributed by atoms with E-state index < -0.39 is 6.04 Å². The standard InChI is InChI=1S/C23H30N2O3/c1-4-10-21(25-22(26)15-18-11-7-6-8-12-18)23(27)24-17(3)19-13-9-14-20(16-19)28-5-2/h6-9,11-14,16-17,21H,4-5,10,15H2,1-3H3,(H,24,27)(H,25,26). The molecule has 0 radical (unpaired) electrons. The monoisotopic (exact) mass is 382 g/mol. The molecule has 2 unspecified atom stereocenters. The summed E-state index contributed by atoms with van der Waals surface area (Å²) in [6, 6.07) is 16.5. The fourth-order valence-electron chi connectivity index (χ4n) is 3.02. The number of ether oxygens (including phenoxy) is 1. The SMILES string of the molecule is CCCC(NC(=O)Cc1ccccc1)C(=O)NC(C)c1cccc(OCC)c1. The zero-order valence-electron chi connectivity index (χ0n) is 16.9. The van der Waals surface area contributed by atoms with Gasteiger partial charge in [0, 0.05) is 0 Å². The lowest BCUT2D eigenvalue weighted by Crippen LogP contribution is -2.47. The highest BCUT2D eigenvalue weighted by atomic mass is 16.5. The molecule has 28 heavy (non-hydrogen) atoms. The van der Waals surface area contributed by atoms with Crippen molar-refractivity contribution in [2.75, 3.05) is 6.61 Å². The van der Waals surface area contributed by atoms with E-state index >= 15 is 0 Å². The van der Waals surface area contributed by atoms with E-state index in [0.29, 0.717) is 13.0 Å². The third-order valence-electron chi connectivity index (χ3n) is 4.46. The quantitative estimate of drug-likeness (QED) is 0.657. The third kappa shape index (κ3) is 6.72. The maximum Gasteiger partial charge on any atom is 0.243 e. The molecule has 2 aromatic carbocycles. The fourth-order valence-corrected chi connectivity index (χ4v) is 3.02. The third-order valence-corrected chi connectivity index (χ3v) is 4.46. The first-order chi connectivity index (χ1) is 13.5. The molecule has 0 fully saturated rings. The Morgan fingerprint density at radius 1 is 1.00 bits per heavy atom. The molecule has 2 aromatic rings. The molecule has 0 bridgehead atoms. The molecule has 2 atom stereocenters. The highest BCUT2D eigenvalue weighted by molar-refractivity contribution is 5.88. The molecule has 0 aliphatic heterocycles. The number of rotatable bonds is 10. The van der Waals surface area contributed by atoms with E-state index in [9.17, 15) is 9.59 Å². The second-order valence-corrected chi connectivity index (χ2v) is 6.81. The molecule has 0 saturated heterocycles. The van der Waals surface area contributed by atoms with Crippen molar-refractivity contribution in [2.24, 2.45) is 0 Å². The Hall–Kier alpha value is -2.82. The lowest BCUT2D eigenvalue weighted by atomic mass is 10.1. The van der Waals surface area contributed by atoms with Gasteiger partial charge >= 0.3 is 0 Å². The van der Waals surface area contributed by atoms with Gasteiger partial charge in [0.2, 0.25) is 11.8 Å². The Morgan fingerprint density at radius 2 is 1.75 bits per heavy atom. The average Bonchev–Trinajstić information content (AvgIpc) is 2.69. The Labute approximate surface area is 167 Å². The van der Waals surface area contributed by atoms with E-state index in [1.165, 1.54) is 0 Å². The zero-order chi connectivity index (χ0) is 20.4. The van der Waals surface area contributed by atoms with Gasteiger partial charge in [-0.1, -0.05) is 55.8 Å². The van der Waals surface area contributed by atoms with Gasteiger partial charge in [-0.05, 0) is 43.5 Å². The van der Waals surface area contributed by atoms with Crippen LogP contribution in [-0.2, 0) is 16.0 Å². The van der Waals surface area contributed by atoms with Gasteiger partial charge in [0.15, 0.2) is 0 Å². The van der Waals surface area contributed by atoms with E-state index in [0.717, 1.165) is 23.3 Å². The Balaban J connectivity index is 1.97. The lowest BCUT2D eigenvalue weighted by Gasteiger charge is -2.21. The van der Waals surface area contributed by atoms with Crippen LogP contribution in [0, 0.1) is 0 Å². The first-order valence-corrected chi connectivity index (χ1v) is 9.89. The van der Waals surface area contributed by atoms with Crippen LogP contribution in [-0.4, -0.2) is 24.5 Å². The number of carbonyl (C=O) groups is 2. The number of amides is 2. The van der Waals surface area contributed by atoms with Crippen molar-refractivity contribution in [2.45, 2.75) is 52.1 Å². The largest absolute Gasteiger partial charge is 0.494 e. The summed E-state index contributed by atoms with van der Waals surface area (Å²) in [7, 11) is 0. The van der Waals surface area contributed by atoms with Crippen molar-refractivity contribution in [1.29, 1.82) is 0 Å². The van der Waals surface area contributed by atoms with Gasteiger partial charge in [0.1, 0.15) is 11.8 Å². The van der Waals surface area contributed by atoms with E-state index in [-0.39, 0.29) is 24.3 Å². The van der Waals surface area contributed by atoms with Gasteiger partial charge in [0.05, 0.1) is 19.1 Å². The van der Waals surface area contributed by atoms with Crippen molar-refractivity contribution >= 4 is 11.8 Å². The lowest BCUT2D eigenvalue weighted by molar-refractivity contribution is -0.129. The van der Waals surface area contributed by atoms with Gasteiger partial charge in [0.25, 0.3) is 0 Å². The molecule has 5 nitrogen and oxygen atoms in total. The Bertz CT molecular complexity index is 761. The van der Waals surface area contributed by atoms with Crippen molar-refractivity contribution in [3.8, 4) is 5.75 Å². The van der Waals surface area contributed by atoms with E-state index in [1.54, 1.807) is 0 Å². The van der Waals surface area contributed by atoms with Crippen molar-refractivity contribution in [1.82, 2.24) is 10.6 Å². The number of benzene rings is 2. The minimum absolute atomic E-state index is 0.147. The maximum atomic E-state index is 12.8. The summed E-state index contributed by atoms with van der Waals surface area (Å²) >= 11 is 0. The van der Waals surface area contributed by atoms with Crippen molar-refractivity contribution < 1.29 is 14.3 Å². The molecule has 0 aliphatic carbocycles. The van der Waals surface area contributed by atoms with Crippen LogP contribution in [0.1, 0.15) is 50.8 Å². The Morgan fingerprint density at radius 3 is 2.43 bits per heavy atom. The number of hydrogen-bond donors (Lipinski definition) is 2. The summed E-state index contributed by atoms with van der Waals surface area (Å²) < 4.78 is 5.53. The number of carbonyl (C=O) groups excluding carboxylic acids is 2. The van der Waals surface area contributed by atoms with Crippen molar-refractivity contribution in [3.63, 3.8) is 0 Å². The van der Waals surface area contributed by atoms with Crippen LogP contribution >= 0.6 is 0 Å². The molecule has 0 heterocycles. The van der Waals surface area contributed by atoms with Gasteiger partial charge in [-0.2, -0.15) is 0 Å².